The van der Waals surface area contributed by atoms with E-state index in [1.165, 1.54) is 0 Å². The molecule has 166 valence electrons. The average molecular weight is 431 g/mol. The first-order valence-electron chi connectivity index (χ1n) is 11.6. The van der Waals surface area contributed by atoms with Crippen LogP contribution < -0.4 is 0 Å². The number of imidazole rings is 1. The highest BCUT2D eigenvalue weighted by Gasteiger charge is 2.34. The second-order valence-electron chi connectivity index (χ2n) is 9.14. The molecule has 0 spiro atoms. The summed E-state index contributed by atoms with van der Waals surface area (Å²) in [5.74, 6) is 1.44. The lowest BCUT2D eigenvalue weighted by Gasteiger charge is -2.38. The maximum absolute atomic E-state index is 13.4. The van der Waals surface area contributed by atoms with E-state index < -0.39 is 0 Å². The minimum Gasteiger partial charge on any atom is -0.342 e. The molecule has 2 fully saturated rings. The fraction of sp³-hybridized carbons (Fsp3) is 0.423. The predicted octanol–water partition coefficient (Wildman–Crippen LogP) is 3.83. The highest BCUT2D eigenvalue weighted by atomic mass is 16.2. The van der Waals surface area contributed by atoms with Crippen molar-refractivity contribution >= 4 is 22.6 Å². The van der Waals surface area contributed by atoms with Crippen molar-refractivity contribution in [3.8, 4) is 0 Å². The van der Waals surface area contributed by atoms with Crippen LogP contribution in [-0.2, 0) is 11.8 Å². The first kappa shape index (κ1) is 20.7. The highest BCUT2D eigenvalue weighted by Crippen LogP contribution is 2.29. The summed E-state index contributed by atoms with van der Waals surface area (Å²) in [5, 5.41) is 2.04. The van der Waals surface area contributed by atoms with Crippen LogP contribution in [0.5, 0.6) is 0 Å². The molecule has 3 aromatic rings. The summed E-state index contributed by atoms with van der Waals surface area (Å²) in [6.45, 7) is 2.73. The standard InChI is InChI=1S/C26H30N4O2/c1-28-16-13-27-24(28)20-9-5-14-29(17-20)25(31)21-10-6-15-30(18-21)26(32)23-12-4-8-19-7-2-3-11-22(19)23/h2-4,7-8,11-13,16,20-21H,5-6,9-10,14-15,17-18H2,1H3/t20-,21+/m1/s1. The summed E-state index contributed by atoms with van der Waals surface area (Å²) < 4.78 is 2.06. The Morgan fingerprint density at radius 3 is 2.56 bits per heavy atom. The molecular formula is C26H30N4O2. The second-order valence-corrected chi connectivity index (χ2v) is 9.14. The Kier molecular flexibility index (Phi) is 5.68. The summed E-state index contributed by atoms with van der Waals surface area (Å²) in [6.07, 6.45) is 7.56. The van der Waals surface area contributed by atoms with E-state index in [-0.39, 0.29) is 23.7 Å². The van der Waals surface area contributed by atoms with E-state index >= 15 is 0 Å². The Labute approximate surface area is 188 Å². The Morgan fingerprint density at radius 2 is 1.72 bits per heavy atom. The lowest BCUT2D eigenvalue weighted by Crippen LogP contribution is -2.49. The van der Waals surface area contributed by atoms with Gasteiger partial charge in [0, 0.05) is 57.1 Å². The molecule has 2 aliphatic rings. The van der Waals surface area contributed by atoms with Gasteiger partial charge in [0.05, 0.1) is 5.92 Å². The van der Waals surface area contributed by atoms with Crippen LogP contribution in [0.4, 0.5) is 0 Å². The van der Waals surface area contributed by atoms with Crippen molar-refractivity contribution in [3.63, 3.8) is 0 Å². The zero-order valence-corrected chi connectivity index (χ0v) is 18.6. The largest absolute Gasteiger partial charge is 0.342 e. The molecule has 3 heterocycles. The molecule has 6 heteroatoms. The van der Waals surface area contributed by atoms with E-state index in [0.29, 0.717) is 13.1 Å². The van der Waals surface area contributed by atoms with Crippen LogP contribution in [0.1, 0.15) is 47.8 Å². The van der Waals surface area contributed by atoms with Gasteiger partial charge in [-0.1, -0.05) is 36.4 Å². The van der Waals surface area contributed by atoms with Crippen LogP contribution in [0.2, 0.25) is 0 Å². The Hall–Kier alpha value is -3.15. The van der Waals surface area contributed by atoms with Crippen molar-refractivity contribution in [3.05, 3.63) is 66.2 Å². The van der Waals surface area contributed by atoms with Gasteiger partial charge < -0.3 is 14.4 Å². The number of carbonyl (C=O) groups is 2. The van der Waals surface area contributed by atoms with Crippen molar-refractivity contribution in [1.82, 2.24) is 19.4 Å². The molecule has 5 rings (SSSR count). The Bertz CT molecular complexity index is 1130. The number of nitrogens with zero attached hydrogens (tertiary/aromatic N) is 4. The SMILES string of the molecule is Cn1ccnc1[C@@H]1CCCN(C(=O)[C@H]2CCCN(C(=O)c3cccc4ccccc34)C2)C1. The lowest BCUT2D eigenvalue weighted by atomic mass is 9.92. The summed E-state index contributed by atoms with van der Waals surface area (Å²) >= 11 is 0. The first-order valence-corrected chi connectivity index (χ1v) is 11.6. The van der Waals surface area contributed by atoms with Gasteiger partial charge in [-0.3, -0.25) is 9.59 Å². The first-order chi connectivity index (χ1) is 15.6. The van der Waals surface area contributed by atoms with Crippen LogP contribution >= 0.6 is 0 Å². The van der Waals surface area contributed by atoms with E-state index in [1.807, 2.05) is 71.7 Å². The van der Waals surface area contributed by atoms with E-state index in [0.717, 1.165) is 60.9 Å². The molecule has 2 aliphatic heterocycles. The molecule has 0 N–H and O–H groups in total. The van der Waals surface area contributed by atoms with Gasteiger partial charge in [0.15, 0.2) is 0 Å². The molecule has 2 saturated heterocycles. The number of likely N-dealkylation sites (tertiary alicyclic amines) is 2. The fourth-order valence-corrected chi connectivity index (χ4v) is 5.36. The maximum Gasteiger partial charge on any atom is 0.254 e. The highest BCUT2D eigenvalue weighted by molar-refractivity contribution is 6.07. The van der Waals surface area contributed by atoms with Crippen molar-refractivity contribution in [1.29, 1.82) is 0 Å². The number of aromatic nitrogens is 2. The number of amides is 2. The second kappa shape index (κ2) is 8.77. The molecule has 0 radical (unpaired) electrons. The van der Waals surface area contributed by atoms with Gasteiger partial charge >= 0.3 is 0 Å². The number of benzene rings is 2. The minimum absolute atomic E-state index is 0.0313. The summed E-state index contributed by atoms with van der Waals surface area (Å²) in [7, 11) is 2.01. The maximum atomic E-state index is 13.4. The van der Waals surface area contributed by atoms with E-state index in [2.05, 4.69) is 9.55 Å². The van der Waals surface area contributed by atoms with Gasteiger partial charge in [-0.25, -0.2) is 4.98 Å². The zero-order valence-electron chi connectivity index (χ0n) is 18.6. The topological polar surface area (TPSA) is 58.4 Å². The zero-order chi connectivity index (χ0) is 22.1. The van der Waals surface area contributed by atoms with Gasteiger partial charge in [-0.2, -0.15) is 0 Å². The minimum atomic E-state index is -0.122. The van der Waals surface area contributed by atoms with Crippen LogP contribution in [0, 0.1) is 5.92 Å². The third-order valence-electron chi connectivity index (χ3n) is 7.03. The van der Waals surface area contributed by atoms with Gasteiger partial charge in [0.1, 0.15) is 5.82 Å². The Balaban J connectivity index is 1.30. The number of hydrogen-bond donors (Lipinski definition) is 0. The van der Waals surface area contributed by atoms with E-state index in [1.54, 1.807) is 0 Å². The van der Waals surface area contributed by atoms with Gasteiger partial charge in [0.25, 0.3) is 5.91 Å². The van der Waals surface area contributed by atoms with Crippen molar-refractivity contribution in [2.24, 2.45) is 13.0 Å². The summed E-state index contributed by atoms with van der Waals surface area (Å²) in [5.41, 5.74) is 0.726. The average Bonchev–Trinajstić information content (AvgIpc) is 3.28. The smallest absolute Gasteiger partial charge is 0.254 e. The molecule has 0 unspecified atom stereocenters. The molecule has 2 atom stereocenters. The van der Waals surface area contributed by atoms with Crippen LogP contribution in [-0.4, -0.2) is 57.3 Å². The third-order valence-corrected chi connectivity index (χ3v) is 7.03. The predicted molar refractivity (Wildman–Crippen MR) is 124 cm³/mol. The third kappa shape index (κ3) is 3.90. The van der Waals surface area contributed by atoms with E-state index in [4.69, 9.17) is 0 Å². The van der Waals surface area contributed by atoms with Crippen molar-refractivity contribution < 1.29 is 9.59 Å². The molecule has 32 heavy (non-hydrogen) atoms. The van der Waals surface area contributed by atoms with Crippen molar-refractivity contribution in [2.45, 2.75) is 31.6 Å². The quantitative estimate of drug-likeness (QED) is 0.635. The number of carbonyl (C=O) groups excluding carboxylic acids is 2. The fourth-order valence-electron chi connectivity index (χ4n) is 5.36. The molecule has 2 aromatic carbocycles. The summed E-state index contributed by atoms with van der Waals surface area (Å²) in [6, 6.07) is 13.9. The Morgan fingerprint density at radius 1 is 0.938 bits per heavy atom. The molecule has 0 saturated carbocycles. The van der Waals surface area contributed by atoms with Crippen LogP contribution in [0.3, 0.4) is 0 Å². The molecule has 0 aliphatic carbocycles. The molecule has 1 aromatic heterocycles. The van der Waals surface area contributed by atoms with Gasteiger partial charge in [-0.05, 0) is 42.5 Å². The summed E-state index contributed by atoms with van der Waals surface area (Å²) in [4.78, 5) is 35.2. The molecule has 2 amide bonds. The molecular weight excluding hydrogens is 400 g/mol. The van der Waals surface area contributed by atoms with Crippen LogP contribution in [0.25, 0.3) is 10.8 Å². The van der Waals surface area contributed by atoms with E-state index in [9.17, 15) is 9.59 Å². The monoisotopic (exact) mass is 430 g/mol. The molecule has 6 nitrogen and oxygen atoms in total. The van der Waals surface area contributed by atoms with Gasteiger partial charge in [-0.15, -0.1) is 0 Å². The number of piperidine rings is 2. The lowest BCUT2D eigenvalue weighted by molar-refractivity contribution is -0.138. The van der Waals surface area contributed by atoms with Crippen LogP contribution in [0.15, 0.2) is 54.9 Å². The number of aryl methyl sites for hydroxylation is 1. The van der Waals surface area contributed by atoms with Gasteiger partial charge in [0.2, 0.25) is 5.91 Å². The molecule has 0 bridgehead atoms. The number of fused-ring (bicyclic) bond motifs is 1. The number of rotatable bonds is 3. The number of hydrogen-bond acceptors (Lipinski definition) is 3. The normalized spacial score (nSPS) is 21.7. The van der Waals surface area contributed by atoms with Crippen molar-refractivity contribution in [2.75, 3.05) is 26.2 Å².